The molecule has 1 nitrogen and oxygen atoms in total. The van der Waals surface area contributed by atoms with Crippen molar-refractivity contribution in [3.05, 3.63) is 33.8 Å². The van der Waals surface area contributed by atoms with Crippen molar-refractivity contribution in [2.75, 3.05) is 0 Å². The zero-order valence-electron chi connectivity index (χ0n) is 10.1. The van der Waals surface area contributed by atoms with Crippen molar-refractivity contribution in [2.24, 2.45) is 11.1 Å². The van der Waals surface area contributed by atoms with Gasteiger partial charge >= 0.3 is 0 Å². The average Bonchev–Trinajstić information content (AvgIpc) is 2.08. The lowest BCUT2D eigenvalue weighted by molar-refractivity contribution is 0.309. The molecule has 1 rings (SSSR count). The number of benzene rings is 1. The number of nitrogens with two attached hydrogens (primary N) is 1. The summed E-state index contributed by atoms with van der Waals surface area (Å²) < 4.78 is 0. The maximum absolute atomic E-state index is 6.15. The van der Waals surface area contributed by atoms with Crippen LogP contribution in [0.3, 0.4) is 0 Å². The Labute approximate surface area is 108 Å². The van der Waals surface area contributed by atoms with E-state index >= 15 is 0 Å². The summed E-state index contributed by atoms with van der Waals surface area (Å²) in [6.07, 6.45) is 1.86. The number of hydrogen-bond donors (Lipinski definition) is 1. The summed E-state index contributed by atoms with van der Waals surface area (Å²) in [7, 11) is 0. The van der Waals surface area contributed by atoms with Crippen LogP contribution in [0, 0.1) is 5.41 Å². The third kappa shape index (κ3) is 4.32. The fourth-order valence-electron chi connectivity index (χ4n) is 2.14. The van der Waals surface area contributed by atoms with E-state index in [4.69, 9.17) is 28.9 Å². The molecule has 3 heteroatoms. The Morgan fingerprint density at radius 3 is 2.50 bits per heavy atom. The molecule has 1 aromatic rings. The maximum Gasteiger partial charge on any atom is 0.0439 e. The van der Waals surface area contributed by atoms with Gasteiger partial charge in [0.15, 0.2) is 0 Å². The summed E-state index contributed by atoms with van der Waals surface area (Å²) in [5.74, 6) is 0. The van der Waals surface area contributed by atoms with Crippen LogP contribution in [-0.4, -0.2) is 6.04 Å². The van der Waals surface area contributed by atoms with Crippen molar-refractivity contribution < 1.29 is 0 Å². The van der Waals surface area contributed by atoms with Gasteiger partial charge in [-0.2, -0.15) is 0 Å². The van der Waals surface area contributed by atoms with E-state index < -0.39 is 0 Å². The van der Waals surface area contributed by atoms with E-state index in [1.54, 1.807) is 0 Å². The highest BCUT2D eigenvalue weighted by Crippen LogP contribution is 2.31. The van der Waals surface area contributed by atoms with Crippen LogP contribution in [0.15, 0.2) is 18.2 Å². The molecule has 0 aliphatic heterocycles. The standard InChI is InChI=1S/C13H19Cl2N/c1-9(16)7-13(2,3)8-10-6-11(14)4-5-12(10)15/h4-6,9H,7-8,16H2,1-3H3. The van der Waals surface area contributed by atoms with Crippen molar-refractivity contribution >= 4 is 23.2 Å². The van der Waals surface area contributed by atoms with Gasteiger partial charge in [0.05, 0.1) is 0 Å². The average molecular weight is 260 g/mol. The second kappa shape index (κ2) is 5.39. The van der Waals surface area contributed by atoms with Crippen LogP contribution in [-0.2, 0) is 6.42 Å². The van der Waals surface area contributed by atoms with E-state index in [1.165, 1.54) is 0 Å². The summed E-state index contributed by atoms with van der Waals surface area (Å²) in [6.45, 7) is 6.43. The molecule has 1 unspecified atom stereocenters. The van der Waals surface area contributed by atoms with Gasteiger partial charge < -0.3 is 5.73 Å². The summed E-state index contributed by atoms with van der Waals surface area (Å²) in [5, 5.41) is 1.51. The molecule has 0 aromatic heterocycles. The molecule has 0 radical (unpaired) electrons. The Morgan fingerprint density at radius 1 is 1.31 bits per heavy atom. The first kappa shape index (κ1) is 13.8. The second-order valence-corrected chi connectivity index (χ2v) is 6.10. The van der Waals surface area contributed by atoms with Gasteiger partial charge in [-0.3, -0.25) is 0 Å². The molecular weight excluding hydrogens is 241 g/mol. The van der Waals surface area contributed by atoms with E-state index in [9.17, 15) is 0 Å². The lowest BCUT2D eigenvalue weighted by atomic mass is 9.80. The first-order valence-electron chi connectivity index (χ1n) is 5.50. The largest absolute Gasteiger partial charge is 0.328 e. The summed E-state index contributed by atoms with van der Waals surface area (Å²) in [5.41, 5.74) is 7.08. The molecule has 0 saturated heterocycles. The predicted molar refractivity (Wildman–Crippen MR) is 72.2 cm³/mol. The van der Waals surface area contributed by atoms with Crippen molar-refractivity contribution in [2.45, 2.75) is 39.7 Å². The van der Waals surface area contributed by atoms with Gasteiger partial charge in [-0.15, -0.1) is 0 Å². The second-order valence-electron chi connectivity index (χ2n) is 5.26. The van der Waals surface area contributed by atoms with E-state index in [0.717, 1.165) is 28.5 Å². The van der Waals surface area contributed by atoms with E-state index in [1.807, 2.05) is 25.1 Å². The van der Waals surface area contributed by atoms with Crippen molar-refractivity contribution in [3.63, 3.8) is 0 Å². The Bertz CT molecular complexity index is 359. The van der Waals surface area contributed by atoms with E-state index in [0.29, 0.717) is 0 Å². The minimum Gasteiger partial charge on any atom is -0.328 e. The Kier molecular flexibility index (Phi) is 4.66. The normalized spacial score (nSPS) is 13.9. The molecule has 1 atom stereocenters. The molecule has 16 heavy (non-hydrogen) atoms. The van der Waals surface area contributed by atoms with Gasteiger partial charge in [0.25, 0.3) is 0 Å². The number of halogens is 2. The number of hydrogen-bond acceptors (Lipinski definition) is 1. The van der Waals surface area contributed by atoms with Gasteiger partial charge in [0.1, 0.15) is 0 Å². The first-order chi connectivity index (χ1) is 7.30. The molecule has 90 valence electrons. The first-order valence-corrected chi connectivity index (χ1v) is 6.25. The smallest absolute Gasteiger partial charge is 0.0439 e. The van der Waals surface area contributed by atoms with Crippen LogP contribution in [0.1, 0.15) is 32.8 Å². The highest BCUT2D eigenvalue weighted by Gasteiger charge is 2.21. The molecule has 0 bridgehead atoms. The Balaban J connectivity index is 2.82. The number of rotatable bonds is 4. The molecule has 0 fully saturated rings. The molecule has 0 spiro atoms. The minimum atomic E-state index is 0.141. The Hall–Kier alpha value is -0.240. The van der Waals surface area contributed by atoms with Crippen LogP contribution in [0.4, 0.5) is 0 Å². The summed E-state index contributed by atoms with van der Waals surface area (Å²) >= 11 is 12.1. The van der Waals surface area contributed by atoms with Crippen LogP contribution < -0.4 is 5.73 Å². The third-order valence-electron chi connectivity index (χ3n) is 2.55. The maximum atomic E-state index is 6.15. The predicted octanol–water partition coefficient (Wildman–Crippen LogP) is 4.30. The molecule has 1 aromatic carbocycles. The lowest BCUT2D eigenvalue weighted by Gasteiger charge is -2.27. The van der Waals surface area contributed by atoms with Crippen molar-refractivity contribution in [3.8, 4) is 0 Å². The summed E-state index contributed by atoms with van der Waals surface area (Å²) in [4.78, 5) is 0. The molecule has 0 saturated carbocycles. The zero-order valence-corrected chi connectivity index (χ0v) is 11.6. The zero-order chi connectivity index (χ0) is 12.3. The van der Waals surface area contributed by atoms with Gasteiger partial charge in [-0.1, -0.05) is 37.0 Å². The minimum absolute atomic E-state index is 0.141. The topological polar surface area (TPSA) is 26.0 Å². The van der Waals surface area contributed by atoms with Crippen molar-refractivity contribution in [1.82, 2.24) is 0 Å². The van der Waals surface area contributed by atoms with Gasteiger partial charge in [0.2, 0.25) is 0 Å². The fourth-order valence-corrected chi connectivity index (χ4v) is 2.52. The third-order valence-corrected chi connectivity index (χ3v) is 3.16. The molecule has 0 aliphatic rings. The van der Waals surface area contributed by atoms with Gasteiger partial charge in [-0.05, 0) is 48.9 Å². The lowest BCUT2D eigenvalue weighted by Crippen LogP contribution is -2.26. The highest BCUT2D eigenvalue weighted by atomic mass is 35.5. The quantitative estimate of drug-likeness (QED) is 0.858. The molecule has 0 heterocycles. The fraction of sp³-hybridized carbons (Fsp3) is 0.538. The van der Waals surface area contributed by atoms with Gasteiger partial charge in [0, 0.05) is 16.1 Å². The van der Waals surface area contributed by atoms with Crippen molar-refractivity contribution in [1.29, 1.82) is 0 Å². The monoisotopic (exact) mass is 259 g/mol. The van der Waals surface area contributed by atoms with Gasteiger partial charge in [-0.25, -0.2) is 0 Å². The SMILES string of the molecule is CC(N)CC(C)(C)Cc1cc(Cl)ccc1Cl. The van der Waals surface area contributed by atoms with Crippen LogP contribution in [0.25, 0.3) is 0 Å². The molecule has 0 amide bonds. The highest BCUT2D eigenvalue weighted by molar-refractivity contribution is 6.33. The molecule has 0 aliphatic carbocycles. The Morgan fingerprint density at radius 2 is 1.94 bits per heavy atom. The van der Waals surface area contributed by atoms with Crippen LogP contribution in [0.2, 0.25) is 10.0 Å². The van der Waals surface area contributed by atoms with Crippen LogP contribution >= 0.6 is 23.2 Å². The van der Waals surface area contributed by atoms with E-state index in [-0.39, 0.29) is 11.5 Å². The van der Waals surface area contributed by atoms with E-state index in [2.05, 4.69) is 13.8 Å². The summed E-state index contributed by atoms with van der Waals surface area (Å²) in [6, 6.07) is 5.80. The molecule has 2 N–H and O–H groups in total. The molecular formula is C13H19Cl2N. The van der Waals surface area contributed by atoms with Crippen LogP contribution in [0.5, 0.6) is 0 Å².